The van der Waals surface area contributed by atoms with Crippen molar-refractivity contribution in [1.82, 2.24) is 10.3 Å². The van der Waals surface area contributed by atoms with Gasteiger partial charge in [0.05, 0.1) is 7.11 Å². The Morgan fingerprint density at radius 1 is 1.50 bits per heavy atom. The third-order valence-electron chi connectivity index (χ3n) is 2.88. The second kappa shape index (κ2) is 7.11. The molecule has 0 aromatic carbocycles. The van der Waals surface area contributed by atoms with E-state index < -0.39 is 0 Å². The number of ether oxygens (including phenoxy) is 1. The van der Waals surface area contributed by atoms with Crippen LogP contribution in [0.15, 0.2) is 18.5 Å². The maximum Gasteiger partial charge on any atom is 0.322 e. The highest BCUT2D eigenvalue weighted by Gasteiger charge is 2.19. The van der Waals surface area contributed by atoms with Crippen LogP contribution in [0.2, 0.25) is 0 Å². The van der Waals surface area contributed by atoms with E-state index in [9.17, 15) is 4.79 Å². The maximum absolute atomic E-state index is 11.7. The quantitative estimate of drug-likeness (QED) is 0.785. The lowest BCUT2D eigenvalue weighted by Crippen LogP contribution is -2.38. The smallest absolute Gasteiger partial charge is 0.322 e. The fourth-order valence-corrected chi connectivity index (χ4v) is 1.79. The SMILES string of the molecule is COC(=O)C(CC(C)C)NCc1cnccc1C. The lowest BCUT2D eigenvalue weighted by atomic mass is 10.0. The van der Waals surface area contributed by atoms with Crippen molar-refractivity contribution < 1.29 is 9.53 Å². The highest BCUT2D eigenvalue weighted by molar-refractivity contribution is 5.75. The van der Waals surface area contributed by atoms with Crippen LogP contribution >= 0.6 is 0 Å². The summed E-state index contributed by atoms with van der Waals surface area (Å²) in [6.45, 7) is 6.85. The topological polar surface area (TPSA) is 51.2 Å². The van der Waals surface area contributed by atoms with E-state index in [1.165, 1.54) is 12.7 Å². The molecule has 1 rings (SSSR count). The molecule has 1 heterocycles. The van der Waals surface area contributed by atoms with Crippen LogP contribution in [0.1, 0.15) is 31.4 Å². The number of carbonyl (C=O) groups is 1. The molecule has 0 aliphatic heterocycles. The molecule has 0 saturated heterocycles. The molecule has 0 bridgehead atoms. The molecule has 0 radical (unpaired) electrons. The van der Waals surface area contributed by atoms with E-state index in [2.05, 4.69) is 24.1 Å². The van der Waals surface area contributed by atoms with E-state index in [-0.39, 0.29) is 12.0 Å². The fraction of sp³-hybridized carbons (Fsp3) is 0.571. The van der Waals surface area contributed by atoms with Crippen LogP contribution in [0.25, 0.3) is 0 Å². The van der Waals surface area contributed by atoms with Crippen LogP contribution in [-0.4, -0.2) is 24.1 Å². The van der Waals surface area contributed by atoms with Gasteiger partial charge in [-0.3, -0.25) is 9.78 Å². The molecule has 0 aliphatic carbocycles. The maximum atomic E-state index is 11.7. The molecular formula is C14H22N2O2. The predicted molar refractivity (Wildman–Crippen MR) is 71.1 cm³/mol. The lowest BCUT2D eigenvalue weighted by molar-refractivity contribution is -0.143. The number of methoxy groups -OCH3 is 1. The zero-order chi connectivity index (χ0) is 13.5. The normalized spacial score (nSPS) is 12.5. The number of aromatic nitrogens is 1. The van der Waals surface area contributed by atoms with Gasteiger partial charge in [-0.15, -0.1) is 0 Å². The number of hydrogen-bond donors (Lipinski definition) is 1. The molecule has 18 heavy (non-hydrogen) atoms. The van der Waals surface area contributed by atoms with Gasteiger partial charge in [0.1, 0.15) is 6.04 Å². The molecule has 100 valence electrons. The van der Waals surface area contributed by atoms with Gasteiger partial charge >= 0.3 is 5.97 Å². The number of nitrogens with one attached hydrogen (secondary N) is 1. The summed E-state index contributed by atoms with van der Waals surface area (Å²) in [6.07, 6.45) is 4.36. The van der Waals surface area contributed by atoms with Crippen molar-refractivity contribution in [2.75, 3.05) is 7.11 Å². The Morgan fingerprint density at radius 3 is 2.78 bits per heavy atom. The van der Waals surface area contributed by atoms with Crippen molar-refractivity contribution >= 4 is 5.97 Å². The summed E-state index contributed by atoms with van der Waals surface area (Å²) in [5, 5.41) is 3.24. The Morgan fingerprint density at radius 2 is 2.22 bits per heavy atom. The van der Waals surface area contributed by atoms with Crippen molar-refractivity contribution in [3.8, 4) is 0 Å². The Hall–Kier alpha value is -1.42. The molecule has 1 aromatic rings. The summed E-state index contributed by atoms with van der Waals surface area (Å²) in [6, 6.07) is 1.71. The average Bonchev–Trinajstić information content (AvgIpc) is 2.34. The van der Waals surface area contributed by atoms with Crippen LogP contribution in [0.4, 0.5) is 0 Å². The molecule has 0 fully saturated rings. The molecule has 0 aliphatic rings. The number of pyridine rings is 1. The van der Waals surface area contributed by atoms with Gasteiger partial charge in [-0.25, -0.2) is 0 Å². The number of esters is 1. The minimum atomic E-state index is -0.255. The number of nitrogens with zero attached hydrogens (tertiary/aromatic N) is 1. The van der Waals surface area contributed by atoms with Crippen molar-refractivity contribution in [3.63, 3.8) is 0 Å². The third kappa shape index (κ3) is 4.45. The fourth-order valence-electron chi connectivity index (χ4n) is 1.79. The van der Waals surface area contributed by atoms with E-state index in [1.807, 2.05) is 19.2 Å². The standard InChI is InChI=1S/C14H22N2O2/c1-10(2)7-13(14(17)18-4)16-9-12-8-15-6-5-11(12)3/h5-6,8,10,13,16H,7,9H2,1-4H3. The number of carbonyl (C=O) groups excluding carboxylic acids is 1. The minimum Gasteiger partial charge on any atom is -0.468 e. The Kier molecular flexibility index (Phi) is 5.78. The van der Waals surface area contributed by atoms with Gasteiger partial charge in [0, 0.05) is 18.9 Å². The number of aryl methyl sites for hydroxylation is 1. The molecule has 0 spiro atoms. The van der Waals surface area contributed by atoms with Crippen molar-refractivity contribution in [3.05, 3.63) is 29.6 Å². The molecule has 1 atom stereocenters. The zero-order valence-corrected chi connectivity index (χ0v) is 11.6. The first-order valence-corrected chi connectivity index (χ1v) is 6.25. The summed E-state index contributed by atoms with van der Waals surface area (Å²) in [5.74, 6) is 0.238. The van der Waals surface area contributed by atoms with E-state index in [0.29, 0.717) is 12.5 Å². The number of rotatable bonds is 6. The van der Waals surface area contributed by atoms with E-state index >= 15 is 0 Å². The average molecular weight is 250 g/mol. The summed E-state index contributed by atoms with van der Waals surface area (Å²) in [7, 11) is 1.42. The Labute approximate surface area is 109 Å². The van der Waals surface area contributed by atoms with E-state index in [4.69, 9.17) is 4.74 Å². The van der Waals surface area contributed by atoms with E-state index in [1.54, 1.807) is 6.20 Å². The van der Waals surface area contributed by atoms with Crippen LogP contribution in [0.5, 0.6) is 0 Å². The largest absolute Gasteiger partial charge is 0.468 e. The lowest BCUT2D eigenvalue weighted by Gasteiger charge is -2.18. The van der Waals surface area contributed by atoms with Crippen molar-refractivity contribution in [1.29, 1.82) is 0 Å². The van der Waals surface area contributed by atoms with Gasteiger partial charge < -0.3 is 10.1 Å². The molecule has 0 amide bonds. The first-order chi connectivity index (χ1) is 8.54. The Balaban J connectivity index is 2.62. The van der Waals surface area contributed by atoms with Gasteiger partial charge in [-0.2, -0.15) is 0 Å². The van der Waals surface area contributed by atoms with Crippen LogP contribution in [0, 0.1) is 12.8 Å². The molecule has 1 unspecified atom stereocenters. The minimum absolute atomic E-state index is 0.203. The number of hydrogen-bond acceptors (Lipinski definition) is 4. The molecule has 1 N–H and O–H groups in total. The highest BCUT2D eigenvalue weighted by atomic mass is 16.5. The van der Waals surface area contributed by atoms with Gasteiger partial charge in [-0.05, 0) is 36.5 Å². The zero-order valence-electron chi connectivity index (χ0n) is 11.6. The van der Waals surface area contributed by atoms with Gasteiger partial charge in [0.2, 0.25) is 0 Å². The second-order valence-corrected chi connectivity index (χ2v) is 4.89. The summed E-state index contributed by atoms with van der Waals surface area (Å²) < 4.78 is 4.81. The summed E-state index contributed by atoms with van der Waals surface area (Å²) in [4.78, 5) is 15.7. The van der Waals surface area contributed by atoms with Gasteiger partial charge in [0.25, 0.3) is 0 Å². The summed E-state index contributed by atoms with van der Waals surface area (Å²) >= 11 is 0. The highest BCUT2D eigenvalue weighted by Crippen LogP contribution is 2.09. The molecule has 1 aromatic heterocycles. The van der Waals surface area contributed by atoms with Crippen LogP contribution in [0.3, 0.4) is 0 Å². The molecular weight excluding hydrogens is 228 g/mol. The first kappa shape index (κ1) is 14.6. The molecule has 4 nitrogen and oxygen atoms in total. The molecule has 4 heteroatoms. The summed E-state index contributed by atoms with van der Waals surface area (Å²) in [5.41, 5.74) is 2.28. The van der Waals surface area contributed by atoms with Crippen molar-refractivity contribution in [2.45, 2.75) is 39.8 Å². The molecule has 0 saturated carbocycles. The van der Waals surface area contributed by atoms with Gasteiger partial charge in [0.15, 0.2) is 0 Å². The second-order valence-electron chi connectivity index (χ2n) is 4.89. The predicted octanol–water partition coefficient (Wildman–Crippen LogP) is 2.07. The van der Waals surface area contributed by atoms with Gasteiger partial charge in [-0.1, -0.05) is 13.8 Å². The Bertz CT molecular complexity index is 391. The third-order valence-corrected chi connectivity index (χ3v) is 2.88. The van der Waals surface area contributed by atoms with E-state index in [0.717, 1.165) is 12.0 Å². The van der Waals surface area contributed by atoms with Crippen LogP contribution in [-0.2, 0) is 16.1 Å². The first-order valence-electron chi connectivity index (χ1n) is 6.25. The van der Waals surface area contributed by atoms with Crippen LogP contribution < -0.4 is 5.32 Å². The van der Waals surface area contributed by atoms with Crippen molar-refractivity contribution in [2.24, 2.45) is 5.92 Å². The monoisotopic (exact) mass is 250 g/mol.